The molecule has 0 fully saturated rings. The summed E-state index contributed by atoms with van der Waals surface area (Å²) in [5.74, 6) is -1.10. The van der Waals surface area contributed by atoms with Gasteiger partial charge in [0.2, 0.25) is 0 Å². The Morgan fingerprint density at radius 3 is 2.08 bits per heavy atom. The van der Waals surface area contributed by atoms with Crippen LogP contribution in [0.3, 0.4) is 0 Å². The van der Waals surface area contributed by atoms with Crippen molar-refractivity contribution in [1.29, 1.82) is 0 Å². The Morgan fingerprint density at radius 1 is 0.825 bits per heavy atom. The first kappa shape index (κ1) is 29.1. The molecule has 6 nitrogen and oxygen atoms in total. The molecule has 1 aliphatic heterocycles. The molecule has 0 unspecified atom stereocenters. The van der Waals surface area contributed by atoms with Gasteiger partial charge in [-0.15, -0.1) is 0 Å². The van der Waals surface area contributed by atoms with Gasteiger partial charge in [0.15, 0.2) is 0 Å². The predicted molar refractivity (Wildman–Crippen MR) is 160 cm³/mol. The first-order chi connectivity index (χ1) is 18.6. The molecule has 0 radical (unpaired) electrons. The number of hydrogen-bond acceptors (Lipinski definition) is 5. The maximum atomic E-state index is 13.2. The second-order valence-corrected chi connectivity index (χ2v) is 12.6. The normalized spacial score (nSPS) is 14.2. The third-order valence-corrected chi connectivity index (χ3v) is 7.23. The van der Waals surface area contributed by atoms with Crippen molar-refractivity contribution in [3.8, 4) is 5.75 Å². The number of rotatable bonds is 5. The van der Waals surface area contributed by atoms with Crippen LogP contribution in [0.15, 0.2) is 71.4 Å². The number of nitrogens with zero attached hydrogens (tertiary/aromatic N) is 1. The van der Waals surface area contributed by atoms with Crippen LogP contribution < -0.4 is 15.0 Å². The zero-order valence-corrected chi connectivity index (χ0v) is 25.0. The van der Waals surface area contributed by atoms with Crippen molar-refractivity contribution < 1.29 is 19.1 Å². The van der Waals surface area contributed by atoms with Crippen LogP contribution in [0.1, 0.15) is 74.2 Å². The standard InChI is InChI=1S/C33H35ClN2O4/c1-19-9-10-20(2)25(17-19)36-29(37)27(34)28(30(36)38)35-23-14-11-21(12-15-23)31(39)40-26-16-13-22(32(3,4)5)18-24(26)33(6,7)8/h9-18,35H,1-8H3. The SMILES string of the molecule is Cc1ccc(C)c(N2C(=O)C(Cl)=C(Nc3ccc(C(=O)Oc4ccc(C(C)(C)C)cc4C(C)(C)C)cc3)C2=O)c1. The van der Waals surface area contributed by atoms with Gasteiger partial charge < -0.3 is 10.1 Å². The van der Waals surface area contributed by atoms with Crippen molar-refractivity contribution in [2.24, 2.45) is 0 Å². The van der Waals surface area contributed by atoms with Crippen LogP contribution in [0.4, 0.5) is 11.4 Å². The maximum Gasteiger partial charge on any atom is 0.343 e. The van der Waals surface area contributed by atoms with E-state index in [4.69, 9.17) is 16.3 Å². The Morgan fingerprint density at radius 2 is 1.48 bits per heavy atom. The number of carbonyl (C=O) groups is 3. The Bertz CT molecular complexity index is 1540. The topological polar surface area (TPSA) is 75.7 Å². The molecule has 2 amide bonds. The van der Waals surface area contributed by atoms with E-state index in [-0.39, 0.29) is 21.6 Å². The molecule has 0 bridgehead atoms. The maximum absolute atomic E-state index is 13.2. The highest BCUT2D eigenvalue weighted by Gasteiger charge is 2.39. The molecule has 0 aliphatic carbocycles. The van der Waals surface area contributed by atoms with Gasteiger partial charge in [-0.3, -0.25) is 9.59 Å². The molecule has 1 heterocycles. The van der Waals surface area contributed by atoms with Crippen LogP contribution in [0.2, 0.25) is 0 Å². The van der Waals surface area contributed by atoms with Gasteiger partial charge in [0.1, 0.15) is 16.5 Å². The zero-order chi connectivity index (χ0) is 29.6. The first-order valence-corrected chi connectivity index (χ1v) is 13.6. The number of aryl methyl sites for hydroxylation is 2. The van der Waals surface area contributed by atoms with E-state index in [1.807, 2.05) is 38.1 Å². The number of hydrogen-bond donors (Lipinski definition) is 1. The summed E-state index contributed by atoms with van der Waals surface area (Å²) in [6.07, 6.45) is 0. The van der Waals surface area contributed by atoms with Gasteiger partial charge in [0.05, 0.1) is 11.3 Å². The smallest absolute Gasteiger partial charge is 0.343 e. The van der Waals surface area contributed by atoms with Crippen molar-refractivity contribution >= 4 is 40.8 Å². The molecule has 0 aromatic heterocycles. The molecule has 208 valence electrons. The Kier molecular flexibility index (Phi) is 7.70. The molecule has 0 saturated carbocycles. The number of imide groups is 1. The highest BCUT2D eigenvalue weighted by atomic mass is 35.5. The molecule has 40 heavy (non-hydrogen) atoms. The first-order valence-electron chi connectivity index (χ1n) is 13.2. The van der Waals surface area contributed by atoms with Gasteiger partial charge >= 0.3 is 5.97 Å². The number of carbonyl (C=O) groups excluding carboxylic acids is 3. The number of amides is 2. The van der Waals surface area contributed by atoms with Crippen molar-refractivity contribution in [3.63, 3.8) is 0 Å². The van der Waals surface area contributed by atoms with Crippen LogP contribution in [-0.4, -0.2) is 17.8 Å². The summed E-state index contributed by atoms with van der Waals surface area (Å²) in [7, 11) is 0. The monoisotopic (exact) mass is 558 g/mol. The molecule has 1 N–H and O–H groups in total. The highest BCUT2D eigenvalue weighted by Crippen LogP contribution is 2.36. The van der Waals surface area contributed by atoms with Gasteiger partial charge in [0, 0.05) is 11.3 Å². The lowest BCUT2D eigenvalue weighted by atomic mass is 9.80. The lowest BCUT2D eigenvalue weighted by Gasteiger charge is -2.26. The summed E-state index contributed by atoms with van der Waals surface area (Å²) >= 11 is 6.30. The molecule has 3 aromatic rings. The van der Waals surface area contributed by atoms with Gasteiger partial charge in [-0.2, -0.15) is 0 Å². The molecule has 0 atom stereocenters. The fourth-order valence-corrected chi connectivity index (χ4v) is 4.67. The highest BCUT2D eigenvalue weighted by molar-refractivity contribution is 6.53. The third kappa shape index (κ3) is 5.82. The second-order valence-electron chi connectivity index (χ2n) is 12.2. The summed E-state index contributed by atoms with van der Waals surface area (Å²) in [5.41, 5.74) is 4.87. The van der Waals surface area contributed by atoms with Gasteiger partial charge in [-0.1, -0.05) is 77.4 Å². The minimum atomic E-state index is -0.588. The average Bonchev–Trinajstić information content (AvgIpc) is 3.07. The van der Waals surface area contributed by atoms with Crippen molar-refractivity contribution in [2.45, 2.75) is 66.2 Å². The number of anilines is 2. The van der Waals surface area contributed by atoms with E-state index in [0.29, 0.717) is 22.7 Å². The van der Waals surface area contributed by atoms with Crippen molar-refractivity contribution in [3.05, 3.63) is 99.2 Å². The van der Waals surface area contributed by atoms with Gasteiger partial charge in [0.25, 0.3) is 11.8 Å². The second kappa shape index (κ2) is 10.6. The Balaban J connectivity index is 1.53. The zero-order valence-electron chi connectivity index (χ0n) is 24.2. The van der Waals surface area contributed by atoms with Gasteiger partial charge in [-0.25, -0.2) is 9.69 Å². The molecule has 0 saturated heterocycles. The molecular formula is C33H35ClN2O4. The van der Waals surface area contributed by atoms with E-state index in [1.165, 1.54) is 0 Å². The predicted octanol–water partition coefficient (Wildman–Crippen LogP) is 7.55. The molecule has 7 heteroatoms. The summed E-state index contributed by atoms with van der Waals surface area (Å²) in [5, 5.41) is 2.76. The number of nitrogens with one attached hydrogen (secondary N) is 1. The van der Waals surface area contributed by atoms with E-state index in [0.717, 1.165) is 27.2 Å². The average molecular weight is 559 g/mol. The number of ether oxygens (including phenoxy) is 1. The Hall–Kier alpha value is -3.90. The quantitative estimate of drug-likeness (QED) is 0.199. The summed E-state index contributed by atoms with van der Waals surface area (Å²) in [4.78, 5) is 40.2. The summed E-state index contributed by atoms with van der Waals surface area (Å²) in [6.45, 7) is 16.4. The third-order valence-electron chi connectivity index (χ3n) is 6.88. The molecule has 4 rings (SSSR count). The summed E-state index contributed by atoms with van der Waals surface area (Å²) < 4.78 is 5.84. The van der Waals surface area contributed by atoms with Crippen LogP contribution >= 0.6 is 11.6 Å². The van der Waals surface area contributed by atoms with E-state index >= 15 is 0 Å². The minimum absolute atomic E-state index is 0.0170. The number of benzene rings is 3. The van der Waals surface area contributed by atoms with Crippen molar-refractivity contribution in [2.75, 3.05) is 10.2 Å². The van der Waals surface area contributed by atoms with Crippen LogP contribution in [0.5, 0.6) is 5.75 Å². The van der Waals surface area contributed by atoms with Crippen LogP contribution in [-0.2, 0) is 20.4 Å². The minimum Gasteiger partial charge on any atom is -0.423 e. The molecule has 0 spiro atoms. The lowest BCUT2D eigenvalue weighted by molar-refractivity contribution is -0.120. The molecule has 3 aromatic carbocycles. The van der Waals surface area contributed by atoms with Gasteiger partial charge in [-0.05, 0) is 77.8 Å². The largest absolute Gasteiger partial charge is 0.423 e. The summed E-state index contributed by atoms with van der Waals surface area (Å²) in [6, 6.07) is 18.0. The van der Waals surface area contributed by atoms with Crippen LogP contribution in [0.25, 0.3) is 0 Å². The molecular weight excluding hydrogens is 524 g/mol. The van der Waals surface area contributed by atoms with E-state index in [9.17, 15) is 14.4 Å². The van der Waals surface area contributed by atoms with E-state index in [2.05, 4.69) is 52.9 Å². The Labute approximate surface area is 241 Å². The van der Waals surface area contributed by atoms with E-state index < -0.39 is 17.8 Å². The molecule has 1 aliphatic rings. The van der Waals surface area contributed by atoms with E-state index in [1.54, 1.807) is 30.3 Å². The number of halogens is 1. The number of esters is 1. The fourth-order valence-electron chi connectivity index (χ4n) is 4.45. The lowest BCUT2D eigenvalue weighted by Crippen LogP contribution is -2.32. The van der Waals surface area contributed by atoms with Crippen molar-refractivity contribution in [1.82, 2.24) is 0 Å². The van der Waals surface area contributed by atoms with Crippen LogP contribution in [0, 0.1) is 13.8 Å². The fraction of sp³-hybridized carbons (Fsp3) is 0.303.